The lowest BCUT2D eigenvalue weighted by molar-refractivity contribution is 0.101. The molecule has 0 saturated carbocycles. The second kappa shape index (κ2) is 3.66. The van der Waals surface area contributed by atoms with Crippen LogP contribution in [0.1, 0.15) is 17.3 Å². The summed E-state index contributed by atoms with van der Waals surface area (Å²) < 4.78 is 4.51. The van der Waals surface area contributed by atoms with Crippen molar-refractivity contribution < 1.29 is 14.3 Å². The normalized spacial score (nSPS) is 9.31. The first-order valence-corrected chi connectivity index (χ1v) is 3.54. The molecule has 1 aromatic rings. The smallest absolute Gasteiger partial charge is 0.391 e. The molecule has 0 saturated heterocycles. The van der Waals surface area contributed by atoms with Crippen LogP contribution in [0, 0.1) is 0 Å². The number of hydrogen-bond acceptors (Lipinski definition) is 4. The van der Waals surface area contributed by atoms with Gasteiger partial charge in [-0.3, -0.25) is 4.79 Å². The Morgan fingerprint density at radius 1 is 1.54 bits per heavy atom. The van der Waals surface area contributed by atoms with Crippen LogP contribution >= 0.6 is 0 Å². The largest absolute Gasteiger partial charge is 0.411 e. The number of rotatable bonds is 2. The van der Waals surface area contributed by atoms with E-state index in [2.05, 4.69) is 9.72 Å². The highest BCUT2D eigenvalue weighted by atomic mass is 16.6. The van der Waals surface area contributed by atoms with Crippen LogP contribution in [0.2, 0.25) is 0 Å². The number of pyridine rings is 1. The van der Waals surface area contributed by atoms with E-state index in [0.29, 0.717) is 0 Å². The highest BCUT2D eigenvalue weighted by Crippen LogP contribution is 2.14. The van der Waals surface area contributed by atoms with Gasteiger partial charge in [-0.25, -0.2) is 9.78 Å². The molecule has 1 rings (SSSR count). The van der Waals surface area contributed by atoms with Crippen LogP contribution in [0.3, 0.4) is 0 Å². The molecule has 2 N–H and O–H groups in total. The van der Waals surface area contributed by atoms with E-state index in [1.54, 1.807) is 6.07 Å². The Bertz CT molecular complexity index is 349. The number of nitrogens with two attached hydrogens (primary N) is 1. The lowest BCUT2D eigenvalue weighted by Gasteiger charge is -2.02. The zero-order valence-corrected chi connectivity index (χ0v) is 6.98. The molecule has 0 aliphatic carbocycles. The van der Waals surface area contributed by atoms with Gasteiger partial charge in [0.15, 0.2) is 5.78 Å². The summed E-state index contributed by atoms with van der Waals surface area (Å²) in [5.41, 5.74) is 5.02. The van der Waals surface area contributed by atoms with Crippen molar-refractivity contribution in [2.45, 2.75) is 6.92 Å². The number of carbonyl (C=O) groups is 2. The second-order valence-corrected chi connectivity index (χ2v) is 2.33. The maximum atomic E-state index is 11.0. The summed E-state index contributed by atoms with van der Waals surface area (Å²) in [6.07, 6.45) is 0.422. The molecule has 0 aliphatic rings. The van der Waals surface area contributed by atoms with Crippen molar-refractivity contribution in [3.05, 3.63) is 23.9 Å². The first-order valence-electron chi connectivity index (χ1n) is 3.54. The van der Waals surface area contributed by atoms with Gasteiger partial charge in [-0.2, -0.15) is 0 Å². The summed E-state index contributed by atoms with van der Waals surface area (Å²) in [4.78, 5) is 25.1. The first-order chi connectivity index (χ1) is 6.11. The third-order valence-electron chi connectivity index (χ3n) is 1.35. The number of aromatic nitrogens is 1. The predicted molar refractivity (Wildman–Crippen MR) is 44.5 cm³/mol. The Morgan fingerprint density at radius 2 is 2.23 bits per heavy atom. The maximum Gasteiger partial charge on any atom is 0.411 e. The molecule has 1 heterocycles. The minimum absolute atomic E-state index is 0.0532. The molecule has 5 nitrogen and oxygen atoms in total. The van der Waals surface area contributed by atoms with E-state index in [-0.39, 0.29) is 17.2 Å². The van der Waals surface area contributed by atoms with Crippen molar-refractivity contribution in [3.63, 3.8) is 0 Å². The van der Waals surface area contributed by atoms with E-state index in [9.17, 15) is 9.59 Å². The summed E-state index contributed by atoms with van der Waals surface area (Å²) in [5, 5.41) is 0. The van der Waals surface area contributed by atoms with Gasteiger partial charge in [0.1, 0.15) is 0 Å². The third-order valence-corrected chi connectivity index (χ3v) is 1.35. The fraction of sp³-hybridized carbons (Fsp3) is 0.125. The fourth-order valence-electron chi connectivity index (χ4n) is 0.835. The van der Waals surface area contributed by atoms with E-state index >= 15 is 0 Å². The SMILES string of the molecule is CC(=O)c1cccnc1OC(N)=O. The van der Waals surface area contributed by atoms with Crippen molar-refractivity contribution in [2.75, 3.05) is 0 Å². The average molecular weight is 180 g/mol. The summed E-state index contributed by atoms with van der Waals surface area (Å²) >= 11 is 0. The quantitative estimate of drug-likeness (QED) is 0.680. The van der Waals surface area contributed by atoms with Gasteiger partial charge >= 0.3 is 6.09 Å². The highest BCUT2D eigenvalue weighted by Gasteiger charge is 2.10. The standard InChI is InChI=1S/C8H8N2O3/c1-5(11)6-3-2-4-10-7(6)13-8(9)12/h2-4H,1H3,(H2,9,12). The third kappa shape index (κ3) is 2.26. The Kier molecular flexibility index (Phi) is 2.59. The van der Waals surface area contributed by atoms with Gasteiger partial charge in [-0.15, -0.1) is 0 Å². The summed E-state index contributed by atoms with van der Waals surface area (Å²) in [6, 6.07) is 3.08. The van der Waals surface area contributed by atoms with Crippen molar-refractivity contribution >= 4 is 11.9 Å². The number of ether oxygens (including phenoxy) is 1. The van der Waals surface area contributed by atoms with Gasteiger partial charge in [0.05, 0.1) is 5.56 Å². The van der Waals surface area contributed by atoms with Crippen molar-refractivity contribution in [2.24, 2.45) is 5.73 Å². The fourth-order valence-corrected chi connectivity index (χ4v) is 0.835. The minimum Gasteiger partial charge on any atom is -0.391 e. The summed E-state index contributed by atoms with van der Waals surface area (Å²) in [6.45, 7) is 1.35. The van der Waals surface area contributed by atoms with Crippen LogP contribution in [0.25, 0.3) is 0 Å². The first kappa shape index (κ1) is 9.18. The van der Waals surface area contributed by atoms with Crippen LogP contribution in [0.4, 0.5) is 4.79 Å². The lowest BCUT2D eigenvalue weighted by atomic mass is 10.2. The van der Waals surface area contributed by atoms with Crippen LogP contribution < -0.4 is 10.5 Å². The number of amides is 1. The van der Waals surface area contributed by atoms with E-state index in [0.717, 1.165) is 0 Å². The molecule has 0 fully saturated rings. The van der Waals surface area contributed by atoms with Gasteiger partial charge in [-0.1, -0.05) is 0 Å². The van der Waals surface area contributed by atoms with E-state index in [4.69, 9.17) is 5.73 Å². The zero-order valence-electron chi connectivity index (χ0n) is 6.98. The molecule has 0 unspecified atom stereocenters. The van der Waals surface area contributed by atoms with Gasteiger partial charge in [0.2, 0.25) is 5.88 Å². The Labute approximate surface area is 74.5 Å². The molecule has 0 aliphatic heterocycles. The molecule has 0 aromatic carbocycles. The molecule has 5 heteroatoms. The molecular formula is C8H8N2O3. The van der Waals surface area contributed by atoms with E-state index in [1.165, 1.54) is 19.2 Å². The van der Waals surface area contributed by atoms with Crippen LogP contribution in [-0.2, 0) is 0 Å². The minimum atomic E-state index is -0.985. The van der Waals surface area contributed by atoms with Crippen molar-refractivity contribution in [3.8, 4) is 5.88 Å². The number of nitrogens with zero attached hydrogens (tertiary/aromatic N) is 1. The predicted octanol–water partition coefficient (Wildman–Crippen LogP) is 0.742. The zero-order chi connectivity index (χ0) is 9.84. The van der Waals surface area contributed by atoms with E-state index < -0.39 is 6.09 Å². The molecule has 0 bridgehead atoms. The van der Waals surface area contributed by atoms with Crippen molar-refractivity contribution in [1.29, 1.82) is 0 Å². The summed E-state index contributed by atoms with van der Waals surface area (Å²) in [5.74, 6) is -0.285. The van der Waals surface area contributed by atoms with Crippen LogP contribution in [-0.4, -0.2) is 16.9 Å². The highest BCUT2D eigenvalue weighted by molar-refractivity contribution is 5.96. The Morgan fingerprint density at radius 3 is 2.77 bits per heavy atom. The molecule has 0 radical (unpaired) electrons. The molecule has 68 valence electrons. The lowest BCUT2D eigenvalue weighted by Crippen LogP contribution is -2.18. The second-order valence-electron chi connectivity index (χ2n) is 2.33. The van der Waals surface area contributed by atoms with E-state index in [1.807, 2.05) is 0 Å². The number of primary amides is 1. The van der Waals surface area contributed by atoms with Crippen molar-refractivity contribution in [1.82, 2.24) is 4.98 Å². The number of Topliss-reactive ketones (excluding diaryl/α,β-unsaturated/α-hetero) is 1. The number of carbonyl (C=O) groups excluding carboxylic acids is 2. The Balaban J connectivity index is 3.04. The molecule has 13 heavy (non-hydrogen) atoms. The Hall–Kier alpha value is -1.91. The van der Waals surface area contributed by atoms with Gasteiger partial charge in [0.25, 0.3) is 0 Å². The number of ketones is 1. The monoisotopic (exact) mass is 180 g/mol. The molecule has 1 amide bonds. The topological polar surface area (TPSA) is 82.3 Å². The molecule has 0 spiro atoms. The molecular weight excluding hydrogens is 172 g/mol. The average Bonchev–Trinajstić information content (AvgIpc) is 2.03. The number of hydrogen-bond donors (Lipinski definition) is 1. The maximum absolute atomic E-state index is 11.0. The van der Waals surface area contributed by atoms with Crippen LogP contribution in [0.5, 0.6) is 5.88 Å². The summed E-state index contributed by atoms with van der Waals surface area (Å²) in [7, 11) is 0. The molecule has 0 atom stereocenters. The molecule has 1 aromatic heterocycles. The van der Waals surface area contributed by atoms with Gasteiger partial charge < -0.3 is 10.5 Å². The van der Waals surface area contributed by atoms with Gasteiger partial charge in [0, 0.05) is 6.20 Å². The van der Waals surface area contributed by atoms with Crippen LogP contribution in [0.15, 0.2) is 18.3 Å². The van der Waals surface area contributed by atoms with Gasteiger partial charge in [-0.05, 0) is 19.1 Å².